The molecule has 0 spiro atoms. The molecule has 0 aromatic heterocycles. The van der Waals surface area contributed by atoms with E-state index >= 15 is 0 Å². The Hall–Kier alpha value is 0. The van der Waals surface area contributed by atoms with Gasteiger partial charge in [-0.25, -0.2) is 0 Å². The molecule has 0 aliphatic heterocycles. The third kappa shape index (κ3) is 17.2. The summed E-state index contributed by atoms with van der Waals surface area (Å²) in [4.78, 5) is 0. The number of rotatable bonds is 0. The second-order valence-corrected chi connectivity index (χ2v) is 9.11. The Morgan fingerprint density at radius 2 is 0.440 bits per heavy atom. The van der Waals surface area contributed by atoms with Crippen molar-refractivity contribution in [2.24, 2.45) is 5.92 Å². The summed E-state index contributed by atoms with van der Waals surface area (Å²) in [7, 11) is 0. The van der Waals surface area contributed by atoms with E-state index in [1.165, 1.54) is 148 Å². The van der Waals surface area contributed by atoms with Gasteiger partial charge in [0.25, 0.3) is 0 Å². The van der Waals surface area contributed by atoms with Crippen molar-refractivity contribution in [2.45, 2.75) is 155 Å². The molecule has 25 heavy (non-hydrogen) atoms. The standard InChI is InChI=1S/C7H14.3C6H12/c1-7-5-3-2-4-6-7;3*1-2-4-6-5-3-1/h7H,2-6H2,1H3;3*1-6H2. The van der Waals surface area contributed by atoms with Crippen LogP contribution in [0.2, 0.25) is 0 Å². The fraction of sp³-hybridized carbons (Fsp3) is 1.00. The van der Waals surface area contributed by atoms with E-state index in [2.05, 4.69) is 6.92 Å². The molecule has 0 saturated heterocycles. The molecule has 4 fully saturated rings. The zero-order valence-corrected chi connectivity index (χ0v) is 17.8. The minimum absolute atomic E-state index is 1.04. The molecule has 4 aliphatic rings. The highest BCUT2D eigenvalue weighted by atomic mass is 14.1. The minimum Gasteiger partial charge on any atom is -0.0625 e. The molecule has 0 unspecified atom stereocenters. The van der Waals surface area contributed by atoms with Crippen LogP contribution >= 0.6 is 0 Å². The van der Waals surface area contributed by atoms with Gasteiger partial charge in [0.15, 0.2) is 0 Å². The van der Waals surface area contributed by atoms with Gasteiger partial charge in [0.05, 0.1) is 0 Å². The Morgan fingerprint density at radius 3 is 0.560 bits per heavy atom. The average molecular weight is 351 g/mol. The molecule has 0 bridgehead atoms. The van der Waals surface area contributed by atoms with E-state index in [1.807, 2.05) is 0 Å². The maximum absolute atomic E-state index is 2.36. The zero-order valence-electron chi connectivity index (χ0n) is 17.8. The Bertz CT molecular complexity index is 163. The quantitative estimate of drug-likeness (QED) is 0.408. The Kier molecular flexibility index (Phi) is 17.3. The van der Waals surface area contributed by atoms with E-state index in [4.69, 9.17) is 0 Å². The summed E-state index contributed by atoms with van der Waals surface area (Å²) in [6, 6.07) is 0. The van der Waals surface area contributed by atoms with Gasteiger partial charge in [-0.15, -0.1) is 0 Å². The minimum atomic E-state index is 1.04. The number of hydrogen-bond donors (Lipinski definition) is 0. The van der Waals surface area contributed by atoms with Crippen LogP contribution in [0, 0.1) is 5.92 Å². The highest BCUT2D eigenvalue weighted by Gasteiger charge is 2.06. The van der Waals surface area contributed by atoms with Crippen molar-refractivity contribution in [1.82, 2.24) is 0 Å². The van der Waals surface area contributed by atoms with Crippen LogP contribution in [0.1, 0.15) is 155 Å². The molecule has 0 radical (unpaired) electrons. The SMILES string of the molecule is C1CCCCC1.C1CCCCC1.C1CCCCC1.CC1CCCCC1. The monoisotopic (exact) mass is 350 g/mol. The van der Waals surface area contributed by atoms with E-state index in [-0.39, 0.29) is 0 Å². The smallest absolute Gasteiger partial charge is 0.0443 e. The summed E-state index contributed by atoms with van der Waals surface area (Å²) in [5.74, 6) is 1.04. The van der Waals surface area contributed by atoms with Crippen molar-refractivity contribution in [1.29, 1.82) is 0 Å². The summed E-state index contributed by atoms with van der Waals surface area (Å²) < 4.78 is 0. The first-order chi connectivity index (χ1) is 12.4. The van der Waals surface area contributed by atoms with Gasteiger partial charge >= 0.3 is 0 Å². The molecular weight excluding hydrogens is 300 g/mol. The molecular formula is C25H50. The fourth-order valence-electron chi connectivity index (χ4n) is 4.49. The van der Waals surface area contributed by atoms with E-state index in [9.17, 15) is 0 Å². The van der Waals surface area contributed by atoms with Crippen LogP contribution in [-0.2, 0) is 0 Å². The summed E-state index contributed by atoms with van der Waals surface area (Å²) in [6.07, 6.45) is 34.4. The van der Waals surface area contributed by atoms with Gasteiger partial charge in [-0.3, -0.25) is 0 Å². The van der Waals surface area contributed by atoms with Crippen LogP contribution < -0.4 is 0 Å². The van der Waals surface area contributed by atoms with Gasteiger partial charge in [-0.2, -0.15) is 0 Å². The highest BCUT2D eigenvalue weighted by Crippen LogP contribution is 2.22. The van der Waals surface area contributed by atoms with Gasteiger partial charge in [0.1, 0.15) is 0 Å². The molecule has 4 rings (SSSR count). The first kappa shape index (κ1) is 23.0. The fourth-order valence-corrected chi connectivity index (χ4v) is 4.49. The molecule has 150 valence electrons. The maximum atomic E-state index is 2.36. The Labute approximate surface area is 160 Å². The number of hydrogen-bond acceptors (Lipinski definition) is 0. The van der Waals surface area contributed by atoms with E-state index in [1.54, 1.807) is 0 Å². The second kappa shape index (κ2) is 18.8. The first-order valence-electron chi connectivity index (χ1n) is 12.4. The van der Waals surface area contributed by atoms with Crippen LogP contribution in [0.5, 0.6) is 0 Å². The maximum Gasteiger partial charge on any atom is -0.0443 e. The van der Waals surface area contributed by atoms with Crippen molar-refractivity contribution in [3.05, 3.63) is 0 Å². The van der Waals surface area contributed by atoms with Crippen LogP contribution in [0.4, 0.5) is 0 Å². The van der Waals surface area contributed by atoms with E-state index in [0.717, 1.165) is 5.92 Å². The molecule has 0 nitrogen and oxygen atoms in total. The van der Waals surface area contributed by atoms with Crippen molar-refractivity contribution >= 4 is 0 Å². The zero-order chi connectivity index (χ0) is 17.8. The van der Waals surface area contributed by atoms with Gasteiger partial charge in [-0.05, 0) is 5.92 Å². The molecule has 0 aromatic rings. The molecule has 0 N–H and O–H groups in total. The largest absolute Gasteiger partial charge is 0.0625 e. The van der Waals surface area contributed by atoms with Crippen molar-refractivity contribution in [2.75, 3.05) is 0 Å². The van der Waals surface area contributed by atoms with Crippen LogP contribution in [-0.4, -0.2) is 0 Å². The van der Waals surface area contributed by atoms with Gasteiger partial charge in [0.2, 0.25) is 0 Å². The van der Waals surface area contributed by atoms with Crippen molar-refractivity contribution < 1.29 is 0 Å². The lowest BCUT2D eigenvalue weighted by atomic mass is 9.91. The lowest BCUT2D eigenvalue weighted by Gasteiger charge is -2.15. The van der Waals surface area contributed by atoms with Crippen molar-refractivity contribution in [3.8, 4) is 0 Å². The summed E-state index contributed by atoms with van der Waals surface area (Å²) in [5, 5.41) is 0. The third-order valence-electron chi connectivity index (χ3n) is 6.39. The second-order valence-electron chi connectivity index (χ2n) is 9.11. The topological polar surface area (TPSA) is 0 Å². The van der Waals surface area contributed by atoms with Crippen LogP contribution in [0.3, 0.4) is 0 Å². The summed E-state index contributed by atoms with van der Waals surface area (Å²) >= 11 is 0. The average Bonchev–Trinajstić information content (AvgIpc) is 2.74. The third-order valence-corrected chi connectivity index (χ3v) is 6.39. The highest BCUT2D eigenvalue weighted by molar-refractivity contribution is 4.59. The molecule has 0 heteroatoms. The molecule has 0 heterocycles. The van der Waals surface area contributed by atoms with Gasteiger partial charge < -0.3 is 0 Å². The first-order valence-corrected chi connectivity index (χ1v) is 12.4. The molecule has 0 atom stereocenters. The molecule has 4 aliphatic carbocycles. The summed E-state index contributed by atoms with van der Waals surface area (Å²) in [6.45, 7) is 2.36. The molecule has 0 aromatic carbocycles. The lowest BCUT2D eigenvalue weighted by molar-refractivity contribution is 0.385. The van der Waals surface area contributed by atoms with Gasteiger partial charge in [0, 0.05) is 0 Å². The van der Waals surface area contributed by atoms with E-state index in [0.29, 0.717) is 0 Å². The predicted octanol–water partition coefficient (Wildman–Crippen LogP) is 9.61. The van der Waals surface area contributed by atoms with Crippen LogP contribution in [0.25, 0.3) is 0 Å². The van der Waals surface area contributed by atoms with E-state index < -0.39 is 0 Å². The predicted molar refractivity (Wildman–Crippen MR) is 115 cm³/mol. The lowest BCUT2D eigenvalue weighted by Crippen LogP contribution is -1.99. The van der Waals surface area contributed by atoms with Crippen LogP contribution in [0.15, 0.2) is 0 Å². The Balaban J connectivity index is 0.000000167. The Morgan fingerprint density at radius 1 is 0.280 bits per heavy atom. The summed E-state index contributed by atoms with van der Waals surface area (Å²) in [5.41, 5.74) is 0. The molecule has 4 saturated carbocycles. The normalized spacial score (nSPS) is 24.4. The van der Waals surface area contributed by atoms with Gasteiger partial charge in [-0.1, -0.05) is 155 Å². The molecule has 0 amide bonds. The van der Waals surface area contributed by atoms with Crippen molar-refractivity contribution in [3.63, 3.8) is 0 Å².